The number of nitrogens with one attached hydrogen (secondary N) is 1. The molecule has 0 aliphatic carbocycles. The van der Waals surface area contributed by atoms with Crippen molar-refractivity contribution >= 4 is 23.3 Å². The van der Waals surface area contributed by atoms with Crippen LogP contribution in [0.1, 0.15) is 27.2 Å². The Balaban J connectivity index is 2.57. The van der Waals surface area contributed by atoms with Gasteiger partial charge in [0.1, 0.15) is 11.6 Å². The molecule has 5 nitrogen and oxygen atoms in total. The van der Waals surface area contributed by atoms with E-state index in [-0.39, 0.29) is 5.91 Å². The SMILES string of the molecule is CCC(C(=O)O)N1C(=O)C(C)(C)Nc2ccccc21. The molecule has 0 aromatic heterocycles. The summed E-state index contributed by atoms with van der Waals surface area (Å²) in [6, 6.07) is 6.44. The van der Waals surface area contributed by atoms with Gasteiger partial charge in [0.05, 0.1) is 11.4 Å². The molecule has 0 radical (unpaired) electrons. The molecule has 0 saturated heterocycles. The van der Waals surface area contributed by atoms with Gasteiger partial charge < -0.3 is 10.4 Å². The maximum absolute atomic E-state index is 12.5. The van der Waals surface area contributed by atoms with Gasteiger partial charge in [-0.2, -0.15) is 0 Å². The number of rotatable bonds is 3. The number of para-hydroxylation sites is 2. The van der Waals surface area contributed by atoms with Gasteiger partial charge in [-0.1, -0.05) is 19.1 Å². The minimum atomic E-state index is -0.983. The van der Waals surface area contributed by atoms with E-state index in [4.69, 9.17) is 0 Å². The molecule has 1 aromatic carbocycles. The molecule has 1 amide bonds. The van der Waals surface area contributed by atoms with Crippen molar-refractivity contribution in [2.45, 2.75) is 38.8 Å². The number of nitrogens with zero attached hydrogens (tertiary/aromatic N) is 1. The van der Waals surface area contributed by atoms with Gasteiger partial charge in [0.15, 0.2) is 0 Å². The summed E-state index contributed by atoms with van der Waals surface area (Å²) in [4.78, 5) is 25.3. The van der Waals surface area contributed by atoms with Gasteiger partial charge in [-0.05, 0) is 32.4 Å². The predicted molar refractivity (Wildman–Crippen MR) is 73.3 cm³/mol. The Labute approximate surface area is 112 Å². The summed E-state index contributed by atoms with van der Waals surface area (Å²) in [5.74, 6) is -1.20. The van der Waals surface area contributed by atoms with Gasteiger partial charge in [-0.15, -0.1) is 0 Å². The first-order valence-corrected chi connectivity index (χ1v) is 6.32. The lowest BCUT2D eigenvalue weighted by atomic mass is 9.96. The zero-order valence-electron chi connectivity index (χ0n) is 11.3. The van der Waals surface area contributed by atoms with Gasteiger partial charge in [-0.25, -0.2) is 4.79 Å². The fourth-order valence-corrected chi connectivity index (χ4v) is 2.37. The summed E-state index contributed by atoms with van der Waals surface area (Å²) in [7, 11) is 0. The first-order chi connectivity index (χ1) is 8.88. The van der Waals surface area contributed by atoms with Crippen molar-refractivity contribution in [1.29, 1.82) is 0 Å². The third-order valence-corrected chi connectivity index (χ3v) is 3.35. The Morgan fingerprint density at radius 1 is 1.42 bits per heavy atom. The van der Waals surface area contributed by atoms with Crippen molar-refractivity contribution < 1.29 is 14.7 Å². The molecule has 1 aliphatic rings. The molecule has 19 heavy (non-hydrogen) atoms. The second-order valence-corrected chi connectivity index (χ2v) is 5.20. The van der Waals surface area contributed by atoms with Crippen LogP contribution in [0.2, 0.25) is 0 Å². The smallest absolute Gasteiger partial charge is 0.326 e. The summed E-state index contributed by atoms with van der Waals surface area (Å²) < 4.78 is 0. The van der Waals surface area contributed by atoms with Crippen LogP contribution in [0.5, 0.6) is 0 Å². The number of benzene rings is 1. The Morgan fingerprint density at radius 2 is 2.05 bits per heavy atom. The van der Waals surface area contributed by atoms with E-state index in [0.29, 0.717) is 12.1 Å². The van der Waals surface area contributed by atoms with Gasteiger partial charge in [0.2, 0.25) is 0 Å². The Hall–Kier alpha value is -2.04. The summed E-state index contributed by atoms with van der Waals surface area (Å²) >= 11 is 0. The number of fused-ring (bicyclic) bond motifs is 1. The van der Waals surface area contributed by atoms with Crippen LogP contribution in [0.4, 0.5) is 11.4 Å². The molecule has 0 fully saturated rings. The number of carboxylic acids is 1. The summed E-state index contributed by atoms with van der Waals surface area (Å²) in [6.45, 7) is 5.28. The van der Waals surface area contributed by atoms with Crippen molar-refractivity contribution in [3.63, 3.8) is 0 Å². The largest absolute Gasteiger partial charge is 0.480 e. The highest BCUT2D eigenvalue weighted by Crippen LogP contribution is 2.36. The molecular weight excluding hydrogens is 244 g/mol. The van der Waals surface area contributed by atoms with Crippen molar-refractivity contribution in [1.82, 2.24) is 0 Å². The molecule has 1 atom stereocenters. The molecule has 1 unspecified atom stereocenters. The quantitative estimate of drug-likeness (QED) is 0.875. The molecule has 1 heterocycles. The second-order valence-electron chi connectivity index (χ2n) is 5.20. The average Bonchev–Trinajstić information content (AvgIpc) is 2.34. The Morgan fingerprint density at radius 3 is 2.63 bits per heavy atom. The van der Waals surface area contributed by atoms with Crippen LogP contribution < -0.4 is 10.2 Å². The molecule has 0 saturated carbocycles. The molecule has 2 N–H and O–H groups in total. The number of carboxylic acid groups (broad SMARTS) is 1. The number of anilines is 2. The van der Waals surface area contributed by atoms with Crippen LogP contribution in [0, 0.1) is 0 Å². The van der Waals surface area contributed by atoms with Crippen LogP contribution in [0.3, 0.4) is 0 Å². The molecule has 2 rings (SSSR count). The van der Waals surface area contributed by atoms with Crippen LogP contribution >= 0.6 is 0 Å². The number of aliphatic carboxylic acids is 1. The standard InChI is InChI=1S/C14H18N2O3/c1-4-10(12(17)18)16-11-8-6-5-7-9(11)15-14(2,3)13(16)19/h5-8,10,15H,4H2,1-3H3,(H,17,18). The molecule has 5 heteroatoms. The third kappa shape index (κ3) is 2.16. The van der Waals surface area contributed by atoms with E-state index in [2.05, 4.69) is 5.32 Å². The molecule has 0 bridgehead atoms. The fraction of sp³-hybridized carbons (Fsp3) is 0.429. The lowest BCUT2D eigenvalue weighted by molar-refractivity contribution is -0.140. The van der Waals surface area contributed by atoms with E-state index in [9.17, 15) is 14.7 Å². The summed E-state index contributed by atoms with van der Waals surface area (Å²) in [5, 5.41) is 12.5. The first kappa shape index (κ1) is 13.4. The average molecular weight is 262 g/mol. The minimum Gasteiger partial charge on any atom is -0.480 e. The highest BCUT2D eigenvalue weighted by molar-refractivity contribution is 6.10. The van der Waals surface area contributed by atoms with Crippen molar-refractivity contribution in [2.75, 3.05) is 10.2 Å². The molecular formula is C14H18N2O3. The first-order valence-electron chi connectivity index (χ1n) is 6.32. The highest BCUT2D eigenvalue weighted by atomic mass is 16.4. The van der Waals surface area contributed by atoms with E-state index < -0.39 is 17.6 Å². The normalized spacial score (nSPS) is 18.5. The predicted octanol–water partition coefficient (Wildman–Crippen LogP) is 2.09. The zero-order valence-corrected chi connectivity index (χ0v) is 11.3. The lowest BCUT2D eigenvalue weighted by Crippen LogP contribution is -2.58. The van der Waals surface area contributed by atoms with Crippen LogP contribution in [-0.2, 0) is 9.59 Å². The van der Waals surface area contributed by atoms with E-state index in [1.165, 1.54) is 4.90 Å². The van der Waals surface area contributed by atoms with Gasteiger partial charge in [0.25, 0.3) is 5.91 Å². The molecule has 0 spiro atoms. The Bertz CT molecular complexity index is 525. The monoisotopic (exact) mass is 262 g/mol. The fourth-order valence-electron chi connectivity index (χ4n) is 2.37. The summed E-state index contributed by atoms with van der Waals surface area (Å²) in [6.07, 6.45) is 0.367. The van der Waals surface area contributed by atoms with E-state index in [0.717, 1.165) is 5.69 Å². The van der Waals surface area contributed by atoms with Crippen LogP contribution in [-0.4, -0.2) is 28.6 Å². The number of hydrogen-bond donors (Lipinski definition) is 2. The lowest BCUT2D eigenvalue weighted by Gasteiger charge is -2.42. The maximum atomic E-state index is 12.5. The maximum Gasteiger partial charge on any atom is 0.326 e. The third-order valence-electron chi connectivity index (χ3n) is 3.35. The van der Waals surface area contributed by atoms with Gasteiger partial charge in [-0.3, -0.25) is 9.69 Å². The zero-order chi connectivity index (χ0) is 14.2. The number of carbonyl (C=O) groups excluding carboxylic acids is 1. The highest BCUT2D eigenvalue weighted by Gasteiger charge is 2.43. The molecule has 102 valence electrons. The van der Waals surface area contributed by atoms with Crippen LogP contribution in [0.25, 0.3) is 0 Å². The Kier molecular flexibility index (Phi) is 3.22. The van der Waals surface area contributed by atoms with Gasteiger partial charge in [0, 0.05) is 0 Å². The number of carbonyl (C=O) groups is 2. The molecule has 1 aliphatic heterocycles. The van der Waals surface area contributed by atoms with Crippen molar-refractivity contribution in [2.24, 2.45) is 0 Å². The van der Waals surface area contributed by atoms with Crippen molar-refractivity contribution in [3.05, 3.63) is 24.3 Å². The number of amides is 1. The van der Waals surface area contributed by atoms with E-state index in [1.807, 2.05) is 12.1 Å². The van der Waals surface area contributed by atoms with E-state index >= 15 is 0 Å². The summed E-state index contributed by atoms with van der Waals surface area (Å²) in [5.41, 5.74) is 0.602. The number of hydrogen-bond acceptors (Lipinski definition) is 3. The van der Waals surface area contributed by atoms with Crippen molar-refractivity contribution in [3.8, 4) is 0 Å². The van der Waals surface area contributed by atoms with Gasteiger partial charge >= 0.3 is 5.97 Å². The van der Waals surface area contributed by atoms with Crippen LogP contribution in [0.15, 0.2) is 24.3 Å². The minimum absolute atomic E-state index is 0.222. The second kappa shape index (κ2) is 4.57. The topological polar surface area (TPSA) is 69.6 Å². The molecule has 1 aromatic rings. The van der Waals surface area contributed by atoms with E-state index in [1.54, 1.807) is 32.9 Å².